The molecular formula is C11H22N2O2. The van der Waals surface area contributed by atoms with Crippen LogP contribution in [0.1, 0.15) is 34.1 Å². The molecule has 4 heteroatoms. The Kier molecular flexibility index (Phi) is 8.82. The van der Waals surface area contributed by atoms with E-state index in [1.165, 1.54) is 6.42 Å². The van der Waals surface area contributed by atoms with Gasteiger partial charge in [0.15, 0.2) is 0 Å². The molecule has 0 aromatic carbocycles. The Hall–Kier alpha value is -1.06. The fourth-order valence-corrected chi connectivity index (χ4v) is 0.927. The van der Waals surface area contributed by atoms with Gasteiger partial charge in [-0.25, -0.2) is 9.98 Å². The van der Waals surface area contributed by atoms with Crippen molar-refractivity contribution in [3.8, 4) is 0 Å². The molecule has 0 aromatic rings. The summed E-state index contributed by atoms with van der Waals surface area (Å²) in [6, 6.07) is 0. The van der Waals surface area contributed by atoms with Gasteiger partial charge in [-0.2, -0.15) is 0 Å². The monoisotopic (exact) mass is 214 g/mol. The summed E-state index contributed by atoms with van der Waals surface area (Å²) >= 11 is 0. The Morgan fingerprint density at radius 3 is 1.40 bits per heavy atom. The van der Waals surface area contributed by atoms with E-state index in [9.17, 15) is 0 Å². The van der Waals surface area contributed by atoms with Gasteiger partial charge in [0, 0.05) is 0 Å². The van der Waals surface area contributed by atoms with Crippen LogP contribution in [0.5, 0.6) is 0 Å². The Morgan fingerprint density at radius 1 is 0.867 bits per heavy atom. The summed E-state index contributed by atoms with van der Waals surface area (Å²) in [7, 11) is 0. The number of nitrogens with zero attached hydrogens (tertiary/aromatic N) is 2. The van der Waals surface area contributed by atoms with Crippen LogP contribution in [0.3, 0.4) is 0 Å². The minimum absolute atomic E-state index is 0.517. The van der Waals surface area contributed by atoms with Crippen LogP contribution in [-0.4, -0.2) is 38.1 Å². The molecule has 4 nitrogen and oxygen atoms in total. The maximum absolute atomic E-state index is 5.20. The van der Waals surface area contributed by atoms with E-state index in [0.29, 0.717) is 38.1 Å². The van der Waals surface area contributed by atoms with Gasteiger partial charge < -0.3 is 9.47 Å². The molecule has 0 spiro atoms. The molecule has 1 aliphatic rings. The van der Waals surface area contributed by atoms with Crippen molar-refractivity contribution in [1.29, 1.82) is 0 Å². The third kappa shape index (κ3) is 6.94. The van der Waals surface area contributed by atoms with Crippen LogP contribution in [0.4, 0.5) is 0 Å². The molecule has 1 rings (SSSR count). The van der Waals surface area contributed by atoms with E-state index >= 15 is 0 Å². The van der Waals surface area contributed by atoms with E-state index < -0.39 is 0 Å². The van der Waals surface area contributed by atoms with Crippen LogP contribution in [-0.2, 0) is 9.47 Å². The molecule has 88 valence electrons. The Labute approximate surface area is 92.4 Å². The zero-order chi connectivity index (χ0) is 11.5. The summed E-state index contributed by atoms with van der Waals surface area (Å²) in [5.41, 5.74) is 0. The fourth-order valence-electron chi connectivity index (χ4n) is 0.927. The van der Waals surface area contributed by atoms with Crippen molar-refractivity contribution < 1.29 is 9.47 Å². The average molecular weight is 214 g/mol. The van der Waals surface area contributed by atoms with Crippen molar-refractivity contribution in [2.45, 2.75) is 34.1 Å². The molecule has 0 saturated heterocycles. The summed E-state index contributed by atoms with van der Waals surface area (Å²) in [5, 5.41) is 0. The van der Waals surface area contributed by atoms with Crippen LogP contribution >= 0.6 is 0 Å². The number of ether oxygens (including phenoxy) is 2. The van der Waals surface area contributed by atoms with Gasteiger partial charge in [0.25, 0.3) is 0 Å². The van der Waals surface area contributed by atoms with Gasteiger partial charge in [-0.15, -0.1) is 0 Å². The topological polar surface area (TPSA) is 43.2 Å². The average Bonchev–Trinajstić information content (AvgIpc) is 2.23. The van der Waals surface area contributed by atoms with Gasteiger partial charge in [0.2, 0.25) is 11.8 Å². The smallest absolute Gasteiger partial charge is 0.206 e. The van der Waals surface area contributed by atoms with Gasteiger partial charge >= 0.3 is 0 Å². The lowest BCUT2D eigenvalue weighted by atomic mass is 10.5. The Bertz CT molecular complexity index is 191. The summed E-state index contributed by atoms with van der Waals surface area (Å²) in [6.45, 7) is 10.5. The first-order valence-corrected chi connectivity index (χ1v) is 5.60. The highest BCUT2D eigenvalue weighted by molar-refractivity contribution is 5.89. The number of hydrogen-bond donors (Lipinski definition) is 0. The highest BCUT2D eigenvalue weighted by Crippen LogP contribution is 1.96. The summed E-state index contributed by atoms with van der Waals surface area (Å²) in [5.74, 6) is 1.42. The largest absolute Gasteiger partial charge is 0.480 e. The van der Waals surface area contributed by atoms with E-state index in [1.54, 1.807) is 0 Å². The Morgan fingerprint density at radius 2 is 1.20 bits per heavy atom. The standard InChI is InChI=1S/C8H14N2O2.C3H8/c1-3-11-7-5-10-8(6-9-7)12-4-2;1-3-2/h3-6H2,1-2H3;3H2,1-2H3. The molecule has 0 saturated carbocycles. The third-order valence-electron chi connectivity index (χ3n) is 1.40. The van der Waals surface area contributed by atoms with Crippen molar-refractivity contribution in [1.82, 2.24) is 0 Å². The minimum Gasteiger partial charge on any atom is -0.480 e. The summed E-state index contributed by atoms with van der Waals surface area (Å²) < 4.78 is 10.4. The normalized spacial score (nSPS) is 14.4. The van der Waals surface area contributed by atoms with E-state index in [4.69, 9.17) is 9.47 Å². The number of hydrogen-bond acceptors (Lipinski definition) is 4. The second kappa shape index (κ2) is 9.49. The predicted molar refractivity (Wildman–Crippen MR) is 63.8 cm³/mol. The quantitative estimate of drug-likeness (QED) is 0.707. The van der Waals surface area contributed by atoms with Gasteiger partial charge in [-0.1, -0.05) is 20.3 Å². The molecule has 0 unspecified atom stereocenters. The molecule has 0 radical (unpaired) electrons. The van der Waals surface area contributed by atoms with E-state index in [1.807, 2.05) is 13.8 Å². The first-order chi connectivity index (χ1) is 7.28. The van der Waals surface area contributed by atoms with Gasteiger partial charge in [-0.3, -0.25) is 0 Å². The molecule has 0 bridgehead atoms. The van der Waals surface area contributed by atoms with Crippen molar-refractivity contribution in [2.75, 3.05) is 26.3 Å². The third-order valence-corrected chi connectivity index (χ3v) is 1.40. The molecule has 0 aliphatic carbocycles. The maximum Gasteiger partial charge on any atom is 0.206 e. The highest BCUT2D eigenvalue weighted by Gasteiger charge is 2.08. The van der Waals surface area contributed by atoms with Crippen molar-refractivity contribution in [2.24, 2.45) is 9.98 Å². The molecule has 0 amide bonds. The molecule has 0 N–H and O–H groups in total. The number of aliphatic imine (C=N–C) groups is 2. The second-order valence-corrected chi connectivity index (χ2v) is 2.99. The van der Waals surface area contributed by atoms with E-state index in [-0.39, 0.29) is 0 Å². The molecule has 1 aliphatic heterocycles. The fraction of sp³-hybridized carbons (Fsp3) is 0.818. The molecule has 0 atom stereocenters. The van der Waals surface area contributed by atoms with Crippen LogP contribution in [0, 0.1) is 0 Å². The second-order valence-electron chi connectivity index (χ2n) is 2.99. The minimum atomic E-state index is 0.517. The van der Waals surface area contributed by atoms with Gasteiger partial charge in [-0.05, 0) is 13.8 Å². The van der Waals surface area contributed by atoms with Crippen LogP contribution < -0.4 is 0 Å². The SMILES string of the molecule is CCC.CCOC1=NCC(OCC)=NC1. The van der Waals surface area contributed by atoms with Crippen LogP contribution in [0.2, 0.25) is 0 Å². The molecule has 0 fully saturated rings. The predicted octanol–water partition coefficient (Wildman–Crippen LogP) is 2.29. The van der Waals surface area contributed by atoms with E-state index in [0.717, 1.165) is 0 Å². The van der Waals surface area contributed by atoms with Crippen molar-refractivity contribution >= 4 is 11.8 Å². The zero-order valence-electron chi connectivity index (χ0n) is 10.2. The lowest BCUT2D eigenvalue weighted by Gasteiger charge is -2.12. The molecule has 1 heterocycles. The molecule has 15 heavy (non-hydrogen) atoms. The first-order valence-electron chi connectivity index (χ1n) is 5.60. The van der Waals surface area contributed by atoms with Gasteiger partial charge in [0.1, 0.15) is 13.1 Å². The Balaban J connectivity index is 0.000000583. The zero-order valence-corrected chi connectivity index (χ0v) is 10.2. The van der Waals surface area contributed by atoms with Crippen LogP contribution in [0.15, 0.2) is 9.98 Å². The first kappa shape index (κ1) is 13.9. The number of rotatable bonds is 2. The van der Waals surface area contributed by atoms with Crippen molar-refractivity contribution in [3.63, 3.8) is 0 Å². The lowest BCUT2D eigenvalue weighted by molar-refractivity contribution is 0.304. The van der Waals surface area contributed by atoms with Crippen LogP contribution in [0.25, 0.3) is 0 Å². The van der Waals surface area contributed by atoms with Crippen molar-refractivity contribution in [3.05, 3.63) is 0 Å². The highest BCUT2D eigenvalue weighted by atomic mass is 16.5. The molecular weight excluding hydrogens is 192 g/mol. The summed E-state index contributed by atoms with van der Waals surface area (Å²) in [4.78, 5) is 8.32. The molecule has 0 aromatic heterocycles. The lowest BCUT2D eigenvalue weighted by Crippen LogP contribution is -2.21. The maximum atomic E-state index is 5.20. The van der Waals surface area contributed by atoms with E-state index in [2.05, 4.69) is 23.8 Å². The van der Waals surface area contributed by atoms with Gasteiger partial charge in [0.05, 0.1) is 13.2 Å². The summed E-state index contributed by atoms with van der Waals surface area (Å²) in [6.07, 6.45) is 1.25.